The van der Waals surface area contributed by atoms with Crippen molar-refractivity contribution in [2.24, 2.45) is 11.8 Å². The lowest BCUT2D eigenvalue weighted by Gasteiger charge is -2.32. The van der Waals surface area contributed by atoms with Crippen molar-refractivity contribution in [3.05, 3.63) is 0 Å². The highest BCUT2D eigenvalue weighted by molar-refractivity contribution is 5.76. The van der Waals surface area contributed by atoms with E-state index in [4.69, 9.17) is 0 Å². The van der Waals surface area contributed by atoms with Gasteiger partial charge in [0.2, 0.25) is 5.91 Å². The van der Waals surface area contributed by atoms with Gasteiger partial charge in [0.05, 0.1) is 0 Å². The molecule has 0 aliphatic carbocycles. The van der Waals surface area contributed by atoms with Crippen LogP contribution in [0.15, 0.2) is 0 Å². The highest BCUT2D eigenvalue weighted by Gasteiger charge is 2.21. The highest BCUT2D eigenvalue weighted by Crippen LogP contribution is 2.21. The largest absolute Gasteiger partial charge is 0.354 e. The van der Waals surface area contributed by atoms with E-state index in [1.165, 1.54) is 19.4 Å². The van der Waals surface area contributed by atoms with Crippen molar-refractivity contribution in [3.63, 3.8) is 0 Å². The molecule has 1 rings (SSSR count). The van der Waals surface area contributed by atoms with Crippen LogP contribution >= 0.6 is 0 Å². The minimum atomic E-state index is 0.224. The first-order valence-corrected chi connectivity index (χ1v) is 6.99. The molecule has 1 saturated heterocycles. The Morgan fingerprint density at radius 2 is 1.82 bits per heavy atom. The summed E-state index contributed by atoms with van der Waals surface area (Å²) in [6, 6.07) is 0.267. The molecule has 0 spiro atoms. The first-order valence-electron chi connectivity index (χ1n) is 6.99. The average Bonchev–Trinajstić information content (AvgIpc) is 2.18. The van der Waals surface area contributed by atoms with E-state index in [2.05, 4.69) is 24.1 Å². The average molecular weight is 240 g/mol. The first kappa shape index (κ1) is 14.5. The van der Waals surface area contributed by atoms with Gasteiger partial charge in [0.1, 0.15) is 0 Å². The lowest BCUT2D eigenvalue weighted by molar-refractivity contribution is -0.122. The molecular weight excluding hydrogens is 212 g/mol. The van der Waals surface area contributed by atoms with E-state index in [-0.39, 0.29) is 11.9 Å². The van der Waals surface area contributed by atoms with Crippen LogP contribution in [0.3, 0.4) is 0 Å². The molecule has 0 aromatic heterocycles. The number of hydrogen-bond donors (Lipinski definition) is 1. The number of carbonyl (C=O) groups is 1. The Balaban J connectivity index is 2.20. The summed E-state index contributed by atoms with van der Waals surface area (Å²) < 4.78 is 0. The second-order valence-corrected chi connectivity index (χ2v) is 6.06. The van der Waals surface area contributed by atoms with Crippen molar-refractivity contribution < 1.29 is 4.79 Å². The summed E-state index contributed by atoms with van der Waals surface area (Å²) in [7, 11) is 0. The summed E-state index contributed by atoms with van der Waals surface area (Å²) in [5.41, 5.74) is 0. The zero-order chi connectivity index (χ0) is 12.8. The summed E-state index contributed by atoms with van der Waals surface area (Å²) in [6.45, 7) is 12.1. The summed E-state index contributed by atoms with van der Waals surface area (Å²) in [5.74, 6) is 1.57. The Hall–Kier alpha value is -0.570. The van der Waals surface area contributed by atoms with Crippen molar-refractivity contribution in [1.82, 2.24) is 10.2 Å². The van der Waals surface area contributed by atoms with Gasteiger partial charge in [0, 0.05) is 19.0 Å². The van der Waals surface area contributed by atoms with Gasteiger partial charge in [0.25, 0.3) is 0 Å². The van der Waals surface area contributed by atoms with Gasteiger partial charge >= 0.3 is 0 Å². The molecule has 0 radical (unpaired) electrons. The van der Waals surface area contributed by atoms with E-state index in [9.17, 15) is 4.79 Å². The second-order valence-electron chi connectivity index (χ2n) is 6.06. The number of nitrogens with one attached hydrogen (secondary N) is 1. The predicted molar refractivity (Wildman–Crippen MR) is 71.9 cm³/mol. The van der Waals surface area contributed by atoms with Crippen molar-refractivity contribution in [3.8, 4) is 0 Å². The third-order valence-electron chi connectivity index (χ3n) is 3.25. The van der Waals surface area contributed by atoms with Crippen LogP contribution in [0.4, 0.5) is 0 Å². The van der Waals surface area contributed by atoms with E-state index < -0.39 is 0 Å². The van der Waals surface area contributed by atoms with Gasteiger partial charge in [-0.25, -0.2) is 0 Å². The summed E-state index contributed by atoms with van der Waals surface area (Å²) >= 11 is 0. The molecule has 1 aliphatic rings. The summed E-state index contributed by atoms with van der Waals surface area (Å²) in [4.78, 5) is 14.2. The molecule has 1 aliphatic heterocycles. The Kier molecular flexibility index (Phi) is 5.96. The monoisotopic (exact) mass is 240 g/mol. The molecule has 0 saturated carbocycles. The molecule has 0 unspecified atom stereocenters. The van der Waals surface area contributed by atoms with Gasteiger partial charge in [-0.05, 0) is 51.6 Å². The molecule has 0 atom stereocenters. The quantitative estimate of drug-likeness (QED) is 0.799. The van der Waals surface area contributed by atoms with Gasteiger partial charge in [-0.2, -0.15) is 0 Å². The zero-order valence-corrected chi connectivity index (χ0v) is 11.8. The predicted octanol–water partition coefficient (Wildman–Crippen LogP) is 2.27. The van der Waals surface area contributed by atoms with E-state index in [0.29, 0.717) is 12.3 Å². The lowest BCUT2D eigenvalue weighted by atomic mass is 9.92. The van der Waals surface area contributed by atoms with Crippen molar-refractivity contribution in [2.75, 3.05) is 19.6 Å². The van der Waals surface area contributed by atoms with Gasteiger partial charge in [-0.1, -0.05) is 13.8 Å². The zero-order valence-electron chi connectivity index (χ0n) is 11.8. The molecular formula is C14H28N2O. The number of carbonyl (C=O) groups excluding carboxylic acids is 1. The molecule has 0 aromatic carbocycles. The molecule has 0 aromatic rings. The van der Waals surface area contributed by atoms with Gasteiger partial charge in [-0.3, -0.25) is 4.79 Å². The standard InChI is InChI=1S/C14H28N2O/c1-11(2)10-16-7-5-13(6-8-16)9-14(17)15-12(3)4/h11-13H,5-10H2,1-4H3,(H,15,17). The van der Waals surface area contributed by atoms with Gasteiger partial charge in [-0.15, -0.1) is 0 Å². The van der Waals surface area contributed by atoms with Gasteiger partial charge in [0.15, 0.2) is 0 Å². The molecule has 0 bridgehead atoms. The lowest BCUT2D eigenvalue weighted by Crippen LogP contribution is -2.38. The fourth-order valence-corrected chi connectivity index (χ4v) is 2.53. The number of hydrogen-bond acceptors (Lipinski definition) is 2. The van der Waals surface area contributed by atoms with E-state index in [1.807, 2.05) is 13.8 Å². The van der Waals surface area contributed by atoms with E-state index >= 15 is 0 Å². The van der Waals surface area contributed by atoms with Crippen molar-refractivity contribution in [2.45, 2.75) is 53.0 Å². The van der Waals surface area contributed by atoms with Crippen LogP contribution < -0.4 is 5.32 Å². The minimum Gasteiger partial charge on any atom is -0.354 e. The normalized spacial score (nSPS) is 18.9. The molecule has 17 heavy (non-hydrogen) atoms. The van der Waals surface area contributed by atoms with Crippen LogP contribution in [-0.4, -0.2) is 36.5 Å². The number of amides is 1. The molecule has 1 heterocycles. The van der Waals surface area contributed by atoms with Crippen LogP contribution in [-0.2, 0) is 4.79 Å². The molecule has 3 nitrogen and oxygen atoms in total. The van der Waals surface area contributed by atoms with Gasteiger partial charge < -0.3 is 10.2 Å². The molecule has 1 amide bonds. The maximum Gasteiger partial charge on any atom is 0.220 e. The third-order valence-corrected chi connectivity index (χ3v) is 3.25. The smallest absolute Gasteiger partial charge is 0.220 e. The van der Waals surface area contributed by atoms with E-state index in [0.717, 1.165) is 19.0 Å². The molecule has 3 heteroatoms. The Morgan fingerprint density at radius 1 is 1.24 bits per heavy atom. The Morgan fingerprint density at radius 3 is 2.29 bits per heavy atom. The molecule has 100 valence electrons. The van der Waals surface area contributed by atoms with E-state index in [1.54, 1.807) is 0 Å². The van der Waals surface area contributed by atoms with Crippen molar-refractivity contribution in [1.29, 1.82) is 0 Å². The van der Waals surface area contributed by atoms with Crippen LogP contribution in [0.25, 0.3) is 0 Å². The Bertz CT molecular complexity index is 230. The topological polar surface area (TPSA) is 32.3 Å². The first-order chi connectivity index (χ1) is 7.97. The number of nitrogens with zero attached hydrogens (tertiary/aromatic N) is 1. The minimum absolute atomic E-state index is 0.224. The highest BCUT2D eigenvalue weighted by atomic mass is 16.1. The fourth-order valence-electron chi connectivity index (χ4n) is 2.53. The van der Waals surface area contributed by atoms with Crippen LogP contribution in [0.2, 0.25) is 0 Å². The fraction of sp³-hybridized carbons (Fsp3) is 0.929. The maximum absolute atomic E-state index is 11.7. The van der Waals surface area contributed by atoms with Crippen LogP contribution in [0.5, 0.6) is 0 Å². The van der Waals surface area contributed by atoms with Crippen molar-refractivity contribution >= 4 is 5.91 Å². The SMILES string of the molecule is CC(C)CN1CCC(CC(=O)NC(C)C)CC1. The summed E-state index contributed by atoms with van der Waals surface area (Å²) in [5, 5.41) is 2.98. The number of rotatable bonds is 5. The third kappa shape index (κ3) is 6.06. The second kappa shape index (κ2) is 7.00. The molecule has 1 fully saturated rings. The Labute approximate surface area is 106 Å². The molecule has 1 N–H and O–H groups in total. The van der Waals surface area contributed by atoms with Crippen LogP contribution in [0, 0.1) is 11.8 Å². The maximum atomic E-state index is 11.7. The van der Waals surface area contributed by atoms with Crippen LogP contribution in [0.1, 0.15) is 47.0 Å². The number of piperidine rings is 1. The summed E-state index contributed by atoms with van der Waals surface area (Å²) in [6.07, 6.45) is 3.07. The number of likely N-dealkylation sites (tertiary alicyclic amines) is 1.